The van der Waals surface area contributed by atoms with Crippen molar-refractivity contribution >= 4 is 17.9 Å². The fourth-order valence-corrected chi connectivity index (χ4v) is 1.37. The topological polar surface area (TPSA) is 146 Å². The monoisotopic (exact) mass is 290 g/mol. The van der Waals surface area contributed by atoms with Crippen molar-refractivity contribution in [3.63, 3.8) is 0 Å². The van der Waals surface area contributed by atoms with Crippen LogP contribution in [0.15, 0.2) is 28.1 Å². The minimum absolute atomic E-state index is 0.00627. The number of hydrogen-bond donors (Lipinski definition) is 3. The maximum absolute atomic E-state index is 11.3. The van der Waals surface area contributed by atoms with Crippen molar-refractivity contribution in [1.29, 1.82) is 0 Å². The maximum atomic E-state index is 11.3. The van der Waals surface area contributed by atoms with Gasteiger partial charge >= 0.3 is 0 Å². The molecule has 2 aromatic rings. The average Bonchev–Trinajstić information content (AvgIpc) is 2.44. The predicted octanol–water partition coefficient (Wildman–Crippen LogP) is 0.533. The Hall–Kier alpha value is -3.30. The highest BCUT2D eigenvalue weighted by Gasteiger charge is 2.08. The molecule has 0 aliphatic carbocycles. The Morgan fingerprint density at radius 1 is 1.48 bits per heavy atom. The molecule has 3 N–H and O–H groups in total. The van der Waals surface area contributed by atoms with Gasteiger partial charge in [0, 0.05) is 17.7 Å². The van der Waals surface area contributed by atoms with Crippen molar-refractivity contribution in [2.45, 2.75) is 6.92 Å². The third-order valence-corrected chi connectivity index (χ3v) is 2.46. The number of phenolic OH excluding ortho intramolecular Hbond substituents is 1. The molecular formula is C11H10N6O4. The second-order valence-electron chi connectivity index (χ2n) is 3.96. The number of benzene rings is 1. The van der Waals surface area contributed by atoms with E-state index in [1.165, 1.54) is 19.1 Å². The van der Waals surface area contributed by atoms with Gasteiger partial charge in [0.2, 0.25) is 5.95 Å². The molecule has 0 saturated heterocycles. The first kappa shape index (κ1) is 14.1. The number of aromatic hydroxyl groups is 1. The van der Waals surface area contributed by atoms with E-state index in [9.17, 15) is 20.0 Å². The van der Waals surface area contributed by atoms with Gasteiger partial charge in [0.1, 0.15) is 11.4 Å². The van der Waals surface area contributed by atoms with Gasteiger partial charge in [-0.25, -0.2) is 5.43 Å². The number of hydrogen-bond acceptors (Lipinski definition) is 8. The summed E-state index contributed by atoms with van der Waals surface area (Å²) in [5.41, 5.74) is 2.15. The van der Waals surface area contributed by atoms with E-state index in [0.29, 0.717) is 0 Å². The Balaban J connectivity index is 2.17. The van der Waals surface area contributed by atoms with Gasteiger partial charge in [0.05, 0.1) is 11.1 Å². The van der Waals surface area contributed by atoms with Gasteiger partial charge < -0.3 is 5.11 Å². The van der Waals surface area contributed by atoms with E-state index in [4.69, 9.17) is 0 Å². The first-order valence-corrected chi connectivity index (χ1v) is 5.67. The third kappa shape index (κ3) is 3.37. The maximum Gasteiger partial charge on any atom is 0.274 e. The van der Waals surface area contributed by atoms with Gasteiger partial charge in [-0.15, -0.1) is 10.2 Å². The molecule has 0 amide bonds. The first-order valence-electron chi connectivity index (χ1n) is 5.67. The fraction of sp³-hybridized carbons (Fsp3) is 0.0909. The molecule has 0 aliphatic rings. The van der Waals surface area contributed by atoms with Gasteiger partial charge in [-0.2, -0.15) is 5.10 Å². The molecule has 108 valence electrons. The Morgan fingerprint density at radius 3 is 2.90 bits per heavy atom. The lowest BCUT2D eigenvalue weighted by molar-refractivity contribution is -0.384. The van der Waals surface area contributed by atoms with Crippen LogP contribution in [-0.2, 0) is 0 Å². The van der Waals surface area contributed by atoms with E-state index in [1.54, 1.807) is 0 Å². The number of aromatic nitrogens is 3. The van der Waals surface area contributed by atoms with Crippen LogP contribution in [-0.4, -0.2) is 31.4 Å². The zero-order chi connectivity index (χ0) is 15.4. The Morgan fingerprint density at radius 2 is 2.24 bits per heavy atom. The van der Waals surface area contributed by atoms with Crippen LogP contribution in [0.2, 0.25) is 0 Å². The second-order valence-corrected chi connectivity index (χ2v) is 3.96. The summed E-state index contributed by atoms with van der Waals surface area (Å²) >= 11 is 0. The van der Waals surface area contributed by atoms with Crippen molar-refractivity contribution < 1.29 is 10.0 Å². The van der Waals surface area contributed by atoms with Crippen LogP contribution in [0.25, 0.3) is 0 Å². The number of nitro groups is 1. The molecular weight excluding hydrogens is 280 g/mol. The number of aromatic amines is 1. The van der Waals surface area contributed by atoms with E-state index in [0.717, 1.165) is 12.3 Å². The minimum Gasteiger partial charge on any atom is -0.507 e. The fourth-order valence-electron chi connectivity index (χ4n) is 1.37. The van der Waals surface area contributed by atoms with Crippen molar-refractivity contribution in [3.8, 4) is 5.75 Å². The predicted molar refractivity (Wildman–Crippen MR) is 73.4 cm³/mol. The lowest BCUT2D eigenvalue weighted by Gasteiger charge is -2.00. The molecule has 10 heteroatoms. The lowest BCUT2D eigenvalue weighted by Crippen LogP contribution is -2.15. The van der Waals surface area contributed by atoms with Crippen molar-refractivity contribution in [2.24, 2.45) is 5.10 Å². The van der Waals surface area contributed by atoms with Gasteiger partial charge in [-0.1, -0.05) is 0 Å². The highest BCUT2D eigenvalue weighted by atomic mass is 16.6. The van der Waals surface area contributed by atoms with E-state index in [1.807, 2.05) is 0 Å². The number of H-pyrrole nitrogens is 1. The molecule has 0 atom stereocenters. The van der Waals surface area contributed by atoms with Gasteiger partial charge in [-0.3, -0.25) is 19.9 Å². The molecule has 1 aromatic carbocycles. The van der Waals surface area contributed by atoms with Crippen LogP contribution < -0.4 is 11.0 Å². The number of non-ortho nitro benzene ring substituents is 1. The summed E-state index contributed by atoms with van der Waals surface area (Å²) in [7, 11) is 0. The molecule has 0 spiro atoms. The second kappa shape index (κ2) is 5.77. The highest BCUT2D eigenvalue weighted by molar-refractivity contribution is 5.84. The largest absolute Gasteiger partial charge is 0.507 e. The zero-order valence-corrected chi connectivity index (χ0v) is 10.8. The molecule has 0 fully saturated rings. The van der Waals surface area contributed by atoms with Crippen LogP contribution in [0, 0.1) is 17.0 Å². The normalized spacial score (nSPS) is 10.7. The summed E-state index contributed by atoms with van der Waals surface area (Å²) in [6, 6.07) is 3.51. The smallest absolute Gasteiger partial charge is 0.274 e. The number of rotatable bonds is 4. The van der Waals surface area contributed by atoms with Gasteiger partial charge in [-0.05, 0) is 13.0 Å². The quantitative estimate of drug-likeness (QED) is 0.422. The van der Waals surface area contributed by atoms with Crippen molar-refractivity contribution in [3.05, 3.63) is 49.9 Å². The summed E-state index contributed by atoms with van der Waals surface area (Å²) in [5, 5.41) is 31.1. The molecule has 0 bridgehead atoms. The summed E-state index contributed by atoms with van der Waals surface area (Å²) in [4.78, 5) is 23.7. The molecule has 0 saturated carbocycles. The number of nitrogens with zero attached hydrogens (tertiary/aromatic N) is 4. The summed E-state index contributed by atoms with van der Waals surface area (Å²) in [6.07, 6.45) is 1.15. The molecule has 0 radical (unpaired) electrons. The number of nitrogens with one attached hydrogen (secondary N) is 2. The molecule has 1 aromatic heterocycles. The third-order valence-electron chi connectivity index (χ3n) is 2.46. The number of phenols is 1. The molecule has 10 nitrogen and oxygen atoms in total. The lowest BCUT2D eigenvalue weighted by atomic mass is 10.2. The van der Waals surface area contributed by atoms with Crippen molar-refractivity contribution in [1.82, 2.24) is 15.2 Å². The Labute approximate surface area is 117 Å². The van der Waals surface area contributed by atoms with Gasteiger partial charge in [0.25, 0.3) is 11.2 Å². The SMILES string of the molecule is Cc1nnc(N/N=C\c2cc([N+](=O)[O-])ccc2O)[nH]c1=O. The zero-order valence-electron chi connectivity index (χ0n) is 10.8. The van der Waals surface area contributed by atoms with E-state index in [-0.39, 0.29) is 28.6 Å². The highest BCUT2D eigenvalue weighted by Crippen LogP contribution is 2.21. The average molecular weight is 290 g/mol. The van der Waals surface area contributed by atoms with Crippen LogP contribution in [0.4, 0.5) is 11.6 Å². The van der Waals surface area contributed by atoms with Crippen molar-refractivity contribution in [2.75, 3.05) is 5.43 Å². The van der Waals surface area contributed by atoms with E-state index in [2.05, 4.69) is 25.7 Å². The number of hydrazone groups is 1. The van der Waals surface area contributed by atoms with Crippen LogP contribution in [0.3, 0.4) is 0 Å². The van der Waals surface area contributed by atoms with E-state index >= 15 is 0 Å². The van der Waals surface area contributed by atoms with Crippen LogP contribution in [0.5, 0.6) is 5.75 Å². The molecule has 0 unspecified atom stereocenters. The molecule has 21 heavy (non-hydrogen) atoms. The molecule has 1 heterocycles. The first-order chi connectivity index (χ1) is 9.97. The number of aryl methyl sites for hydroxylation is 1. The van der Waals surface area contributed by atoms with Gasteiger partial charge in [0.15, 0.2) is 0 Å². The van der Waals surface area contributed by atoms with Crippen LogP contribution >= 0.6 is 0 Å². The minimum atomic E-state index is -0.590. The summed E-state index contributed by atoms with van der Waals surface area (Å²) < 4.78 is 0. The molecule has 2 rings (SSSR count). The Bertz CT molecular complexity index is 770. The standard InChI is InChI=1S/C11H10N6O4/c1-6-10(19)13-11(16-14-6)15-12-5-7-4-8(17(20)21)2-3-9(7)18/h2-5,18H,1H3,(H2,13,15,16,19)/b12-5-. The summed E-state index contributed by atoms with van der Waals surface area (Å²) in [6.45, 7) is 1.50. The van der Waals surface area contributed by atoms with Crippen LogP contribution in [0.1, 0.15) is 11.3 Å². The van der Waals surface area contributed by atoms with E-state index < -0.39 is 10.5 Å². The number of anilines is 1. The summed E-state index contributed by atoms with van der Waals surface area (Å²) in [5.74, 6) is -0.165. The Kier molecular flexibility index (Phi) is 3.88. The molecule has 0 aliphatic heterocycles. The number of nitro benzene ring substituents is 1.